The summed E-state index contributed by atoms with van der Waals surface area (Å²) < 4.78 is 1.82. The summed E-state index contributed by atoms with van der Waals surface area (Å²) in [7, 11) is 1.94. The van der Waals surface area contributed by atoms with Crippen LogP contribution in [-0.4, -0.2) is 9.78 Å². The van der Waals surface area contributed by atoms with E-state index in [1.54, 1.807) is 11.3 Å². The number of rotatable bonds is 6. The van der Waals surface area contributed by atoms with Gasteiger partial charge in [-0.25, -0.2) is 0 Å². The lowest BCUT2D eigenvalue weighted by Gasteiger charge is -2.14. The second-order valence-corrected chi connectivity index (χ2v) is 5.97. The molecule has 2 aromatic heterocycles. The molecule has 0 atom stereocenters. The normalized spacial score (nSPS) is 11.4. The van der Waals surface area contributed by atoms with Gasteiger partial charge in [0, 0.05) is 17.8 Å². The van der Waals surface area contributed by atoms with Gasteiger partial charge in [-0.1, -0.05) is 32.8 Å². The van der Waals surface area contributed by atoms with Gasteiger partial charge in [-0.2, -0.15) is 5.10 Å². The first-order valence-electron chi connectivity index (χ1n) is 7.05. The van der Waals surface area contributed by atoms with Crippen LogP contribution in [0.3, 0.4) is 0 Å². The minimum absolute atomic E-state index is 0.524. The fourth-order valence-electron chi connectivity index (χ4n) is 2.63. The fraction of sp³-hybridized carbons (Fsp3) is 0.533. The van der Waals surface area contributed by atoms with Gasteiger partial charge in [0.25, 0.3) is 0 Å². The smallest absolute Gasteiger partial charge is 0.130 e. The van der Waals surface area contributed by atoms with E-state index < -0.39 is 0 Å². The van der Waals surface area contributed by atoms with Crippen molar-refractivity contribution in [1.82, 2.24) is 9.78 Å². The average Bonchev–Trinajstić information content (AvgIpc) is 2.99. The van der Waals surface area contributed by atoms with Crippen LogP contribution >= 0.6 is 11.3 Å². The maximum absolute atomic E-state index is 6.23. The number of hydrogen-bond acceptors (Lipinski definition) is 3. The first-order valence-corrected chi connectivity index (χ1v) is 7.93. The molecule has 0 aliphatic carbocycles. The number of thiophene rings is 1. The van der Waals surface area contributed by atoms with Crippen molar-refractivity contribution in [3.8, 4) is 10.4 Å². The molecule has 0 aromatic carbocycles. The third kappa shape index (κ3) is 2.84. The molecule has 2 rings (SSSR count). The summed E-state index contributed by atoms with van der Waals surface area (Å²) in [4.78, 5) is 1.23. The Hall–Kier alpha value is -1.29. The summed E-state index contributed by atoms with van der Waals surface area (Å²) in [5, 5.41) is 6.80. The molecule has 104 valence electrons. The van der Waals surface area contributed by atoms with Gasteiger partial charge in [0.2, 0.25) is 0 Å². The van der Waals surface area contributed by atoms with Crippen molar-refractivity contribution >= 4 is 17.2 Å². The minimum Gasteiger partial charge on any atom is -0.383 e. The third-order valence-electron chi connectivity index (χ3n) is 3.55. The Morgan fingerprint density at radius 2 is 2.00 bits per heavy atom. The summed E-state index contributed by atoms with van der Waals surface area (Å²) in [5.41, 5.74) is 8.57. The first-order chi connectivity index (χ1) is 9.19. The molecular formula is C15H23N3S. The Balaban J connectivity index is 2.47. The van der Waals surface area contributed by atoms with Crippen LogP contribution in [0.25, 0.3) is 10.4 Å². The predicted octanol–water partition coefficient (Wildman–Crippen LogP) is 4.41. The van der Waals surface area contributed by atoms with E-state index in [1.165, 1.54) is 36.3 Å². The zero-order valence-electron chi connectivity index (χ0n) is 12.0. The van der Waals surface area contributed by atoms with Gasteiger partial charge >= 0.3 is 0 Å². The van der Waals surface area contributed by atoms with Crippen LogP contribution in [0, 0.1) is 0 Å². The first kappa shape index (κ1) is 14.1. The molecule has 0 fully saturated rings. The number of anilines is 1. The van der Waals surface area contributed by atoms with Crippen molar-refractivity contribution < 1.29 is 0 Å². The van der Waals surface area contributed by atoms with Gasteiger partial charge in [-0.05, 0) is 24.3 Å². The molecule has 0 saturated heterocycles. The molecule has 2 heterocycles. The molecule has 0 spiro atoms. The van der Waals surface area contributed by atoms with E-state index in [0.29, 0.717) is 5.92 Å². The van der Waals surface area contributed by atoms with E-state index in [1.807, 2.05) is 11.7 Å². The van der Waals surface area contributed by atoms with E-state index in [-0.39, 0.29) is 0 Å². The topological polar surface area (TPSA) is 43.8 Å². The summed E-state index contributed by atoms with van der Waals surface area (Å²) in [6, 6.07) is 4.21. The molecule has 0 radical (unpaired) electrons. The Bertz CT molecular complexity index is 508. The Morgan fingerprint density at radius 3 is 2.53 bits per heavy atom. The van der Waals surface area contributed by atoms with Crippen molar-refractivity contribution in [3.63, 3.8) is 0 Å². The second kappa shape index (κ2) is 6.24. The summed E-state index contributed by atoms with van der Waals surface area (Å²) in [6.07, 6.45) is 4.74. The second-order valence-electron chi connectivity index (χ2n) is 5.02. The van der Waals surface area contributed by atoms with Gasteiger partial charge < -0.3 is 5.73 Å². The Morgan fingerprint density at radius 1 is 1.32 bits per heavy atom. The standard InChI is InChI=1S/C15H23N3S/c1-4-7-11(8-5-2)14-13(12-9-6-10-19-12)15(16)18(3)17-14/h6,9-11H,4-5,7-8,16H2,1-3H3. The van der Waals surface area contributed by atoms with Crippen LogP contribution in [0.1, 0.15) is 51.1 Å². The molecule has 3 nitrogen and oxygen atoms in total. The van der Waals surface area contributed by atoms with E-state index in [4.69, 9.17) is 10.8 Å². The number of nitrogen functional groups attached to an aromatic ring is 1. The van der Waals surface area contributed by atoms with Crippen LogP contribution in [0.4, 0.5) is 5.82 Å². The molecule has 0 aliphatic rings. The lowest BCUT2D eigenvalue weighted by Crippen LogP contribution is -2.02. The molecule has 19 heavy (non-hydrogen) atoms. The molecule has 4 heteroatoms. The summed E-state index contributed by atoms with van der Waals surface area (Å²) >= 11 is 1.74. The van der Waals surface area contributed by atoms with E-state index >= 15 is 0 Å². The van der Waals surface area contributed by atoms with Crippen LogP contribution in [0.5, 0.6) is 0 Å². The highest BCUT2D eigenvalue weighted by Crippen LogP contribution is 2.39. The number of hydrogen-bond donors (Lipinski definition) is 1. The number of aryl methyl sites for hydroxylation is 1. The molecule has 0 saturated carbocycles. The molecule has 2 N–H and O–H groups in total. The van der Waals surface area contributed by atoms with Gasteiger partial charge in [0.05, 0.1) is 11.3 Å². The number of aromatic nitrogens is 2. The molecular weight excluding hydrogens is 254 g/mol. The van der Waals surface area contributed by atoms with E-state index in [0.717, 1.165) is 11.4 Å². The average molecular weight is 277 g/mol. The van der Waals surface area contributed by atoms with E-state index in [9.17, 15) is 0 Å². The predicted molar refractivity (Wildman–Crippen MR) is 83.5 cm³/mol. The molecule has 0 bridgehead atoms. The molecule has 2 aromatic rings. The van der Waals surface area contributed by atoms with Crippen molar-refractivity contribution in [2.45, 2.75) is 45.4 Å². The van der Waals surface area contributed by atoms with Gasteiger partial charge in [0.1, 0.15) is 5.82 Å². The monoisotopic (exact) mass is 277 g/mol. The third-order valence-corrected chi connectivity index (χ3v) is 4.43. The minimum atomic E-state index is 0.524. The van der Waals surface area contributed by atoms with E-state index in [2.05, 4.69) is 31.4 Å². The van der Waals surface area contributed by atoms with Crippen LogP contribution in [0.2, 0.25) is 0 Å². The van der Waals surface area contributed by atoms with Crippen LogP contribution in [0.15, 0.2) is 17.5 Å². The number of nitrogens with two attached hydrogens (primary N) is 1. The molecule has 0 aliphatic heterocycles. The molecule has 0 amide bonds. The largest absolute Gasteiger partial charge is 0.383 e. The van der Waals surface area contributed by atoms with Gasteiger partial charge in [-0.3, -0.25) is 4.68 Å². The SMILES string of the molecule is CCCC(CCC)c1nn(C)c(N)c1-c1cccs1. The summed E-state index contributed by atoms with van der Waals surface area (Å²) in [5.74, 6) is 1.31. The van der Waals surface area contributed by atoms with Crippen molar-refractivity contribution in [3.05, 3.63) is 23.2 Å². The lowest BCUT2D eigenvalue weighted by atomic mass is 9.92. The Labute approximate surface area is 119 Å². The summed E-state index contributed by atoms with van der Waals surface area (Å²) in [6.45, 7) is 4.47. The quantitative estimate of drug-likeness (QED) is 0.849. The highest BCUT2D eigenvalue weighted by molar-refractivity contribution is 7.13. The maximum Gasteiger partial charge on any atom is 0.130 e. The van der Waals surface area contributed by atoms with Crippen molar-refractivity contribution in [1.29, 1.82) is 0 Å². The molecule has 0 unspecified atom stereocenters. The van der Waals surface area contributed by atoms with Gasteiger partial charge in [-0.15, -0.1) is 11.3 Å². The highest BCUT2D eigenvalue weighted by atomic mass is 32.1. The fourth-order valence-corrected chi connectivity index (χ4v) is 3.42. The zero-order chi connectivity index (χ0) is 13.8. The van der Waals surface area contributed by atoms with Gasteiger partial charge in [0.15, 0.2) is 0 Å². The zero-order valence-corrected chi connectivity index (χ0v) is 12.8. The van der Waals surface area contributed by atoms with Crippen molar-refractivity contribution in [2.24, 2.45) is 7.05 Å². The highest BCUT2D eigenvalue weighted by Gasteiger charge is 2.22. The lowest BCUT2D eigenvalue weighted by molar-refractivity contribution is 0.540. The van der Waals surface area contributed by atoms with Crippen LogP contribution < -0.4 is 5.73 Å². The Kier molecular flexibility index (Phi) is 4.64. The number of nitrogens with zero attached hydrogens (tertiary/aromatic N) is 2. The van der Waals surface area contributed by atoms with Crippen molar-refractivity contribution in [2.75, 3.05) is 5.73 Å². The van der Waals surface area contributed by atoms with Crippen LogP contribution in [-0.2, 0) is 7.05 Å². The maximum atomic E-state index is 6.23.